The maximum Gasteiger partial charge on any atom is 0.339 e. The number of carboxylic acids is 1. The highest BCUT2D eigenvalue weighted by Gasteiger charge is 2.15. The highest BCUT2D eigenvalue weighted by Crippen LogP contribution is 2.33. The van der Waals surface area contributed by atoms with Crippen LogP contribution in [0, 0.1) is 0 Å². The minimum atomic E-state index is -1.02. The summed E-state index contributed by atoms with van der Waals surface area (Å²) < 4.78 is 5.22. The van der Waals surface area contributed by atoms with Crippen molar-refractivity contribution in [1.29, 1.82) is 0 Å². The summed E-state index contributed by atoms with van der Waals surface area (Å²) in [5, 5.41) is 18.2. The molecule has 0 aliphatic rings. The number of methoxy groups -OCH3 is 1. The number of aliphatic hydroxyl groups is 1. The molecule has 0 bridgehead atoms. The molecule has 0 aromatic heterocycles. The van der Waals surface area contributed by atoms with Gasteiger partial charge in [0.05, 0.1) is 13.7 Å². The van der Waals surface area contributed by atoms with Crippen molar-refractivity contribution in [2.75, 3.05) is 7.11 Å². The second kappa shape index (κ2) is 5.54. The SMILES string of the molecule is COc1c(C(=O)O)cccc1-c1ccc(CO)cc1. The molecule has 0 radical (unpaired) electrons. The Morgan fingerprint density at radius 2 is 1.84 bits per heavy atom. The van der Waals surface area contributed by atoms with E-state index in [2.05, 4.69) is 0 Å². The van der Waals surface area contributed by atoms with E-state index in [1.165, 1.54) is 13.2 Å². The van der Waals surface area contributed by atoms with Crippen LogP contribution in [0.5, 0.6) is 5.75 Å². The van der Waals surface area contributed by atoms with Crippen LogP contribution in [0.3, 0.4) is 0 Å². The smallest absolute Gasteiger partial charge is 0.339 e. The van der Waals surface area contributed by atoms with E-state index >= 15 is 0 Å². The molecule has 2 aromatic rings. The summed E-state index contributed by atoms with van der Waals surface area (Å²) in [6.07, 6.45) is 0. The van der Waals surface area contributed by atoms with Crippen molar-refractivity contribution in [1.82, 2.24) is 0 Å². The average molecular weight is 258 g/mol. The topological polar surface area (TPSA) is 66.8 Å². The van der Waals surface area contributed by atoms with Gasteiger partial charge in [0, 0.05) is 5.56 Å². The van der Waals surface area contributed by atoms with Crippen LogP contribution in [0.25, 0.3) is 11.1 Å². The molecule has 0 spiro atoms. The molecule has 0 saturated carbocycles. The number of aliphatic hydroxyl groups excluding tert-OH is 1. The van der Waals surface area contributed by atoms with Gasteiger partial charge in [-0.15, -0.1) is 0 Å². The molecule has 2 N–H and O–H groups in total. The first kappa shape index (κ1) is 13.1. The number of benzene rings is 2. The van der Waals surface area contributed by atoms with Gasteiger partial charge in [-0.3, -0.25) is 0 Å². The van der Waals surface area contributed by atoms with Crippen LogP contribution in [0.4, 0.5) is 0 Å². The van der Waals surface area contributed by atoms with Crippen LogP contribution < -0.4 is 4.74 Å². The molecule has 19 heavy (non-hydrogen) atoms. The first-order valence-corrected chi connectivity index (χ1v) is 5.78. The number of carbonyl (C=O) groups is 1. The largest absolute Gasteiger partial charge is 0.495 e. The summed E-state index contributed by atoms with van der Waals surface area (Å²) in [5.41, 5.74) is 2.49. The van der Waals surface area contributed by atoms with Crippen LogP contribution in [0.15, 0.2) is 42.5 Å². The average Bonchev–Trinajstić information content (AvgIpc) is 2.46. The number of hydrogen-bond donors (Lipinski definition) is 2. The van der Waals surface area contributed by atoms with Gasteiger partial charge in [-0.05, 0) is 17.2 Å². The Bertz CT molecular complexity index is 588. The van der Waals surface area contributed by atoms with Gasteiger partial charge in [0.25, 0.3) is 0 Å². The third kappa shape index (κ3) is 2.58. The fourth-order valence-corrected chi connectivity index (χ4v) is 1.94. The third-order valence-corrected chi connectivity index (χ3v) is 2.90. The number of para-hydroxylation sites is 1. The van der Waals surface area contributed by atoms with Gasteiger partial charge in [-0.2, -0.15) is 0 Å². The van der Waals surface area contributed by atoms with Gasteiger partial charge in [-0.25, -0.2) is 4.79 Å². The van der Waals surface area contributed by atoms with Crippen molar-refractivity contribution in [3.63, 3.8) is 0 Å². The fraction of sp³-hybridized carbons (Fsp3) is 0.133. The zero-order chi connectivity index (χ0) is 13.8. The quantitative estimate of drug-likeness (QED) is 0.884. The van der Waals surface area contributed by atoms with Crippen LogP contribution in [-0.4, -0.2) is 23.3 Å². The molecule has 0 amide bonds. The molecular weight excluding hydrogens is 244 g/mol. The van der Waals surface area contributed by atoms with Gasteiger partial charge in [-0.1, -0.05) is 36.4 Å². The molecule has 0 saturated heterocycles. The molecule has 0 aliphatic heterocycles. The van der Waals surface area contributed by atoms with Gasteiger partial charge >= 0.3 is 5.97 Å². The van der Waals surface area contributed by atoms with E-state index < -0.39 is 5.97 Å². The molecule has 98 valence electrons. The van der Waals surface area contributed by atoms with Crippen molar-refractivity contribution in [3.05, 3.63) is 53.6 Å². The minimum Gasteiger partial charge on any atom is -0.495 e. The van der Waals surface area contributed by atoms with Gasteiger partial charge < -0.3 is 14.9 Å². The first-order chi connectivity index (χ1) is 9.17. The Hall–Kier alpha value is -2.33. The third-order valence-electron chi connectivity index (χ3n) is 2.90. The van der Waals surface area contributed by atoms with E-state index in [0.29, 0.717) is 11.3 Å². The zero-order valence-corrected chi connectivity index (χ0v) is 10.5. The monoisotopic (exact) mass is 258 g/mol. The van der Waals surface area contributed by atoms with Gasteiger partial charge in [0.2, 0.25) is 0 Å². The van der Waals surface area contributed by atoms with E-state index in [4.69, 9.17) is 14.9 Å². The van der Waals surface area contributed by atoms with E-state index in [-0.39, 0.29) is 12.2 Å². The number of carboxylic acid groups (broad SMARTS) is 1. The highest BCUT2D eigenvalue weighted by molar-refractivity contribution is 5.94. The predicted octanol–water partition coefficient (Wildman–Crippen LogP) is 2.55. The fourth-order valence-electron chi connectivity index (χ4n) is 1.94. The molecule has 0 fully saturated rings. The van der Waals surface area contributed by atoms with E-state index in [1.807, 2.05) is 12.1 Å². The molecule has 2 aromatic carbocycles. The lowest BCUT2D eigenvalue weighted by molar-refractivity contribution is 0.0693. The maximum absolute atomic E-state index is 11.2. The zero-order valence-electron chi connectivity index (χ0n) is 10.5. The van der Waals surface area contributed by atoms with E-state index in [9.17, 15) is 4.79 Å². The first-order valence-electron chi connectivity index (χ1n) is 5.78. The Labute approximate surface area is 110 Å². The van der Waals surface area contributed by atoms with Crippen LogP contribution in [0.1, 0.15) is 15.9 Å². The normalized spacial score (nSPS) is 10.2. The Balaban J connectivity index is 2.54. The molecular formula is C15H14O4. The van der Waals surface area contributed by atoms with Crippen LogP contribution in [-0.2, 0) is 6.61 Å². The number of rotatable bonds is 4. The molecule has 4 heteroatoms. The molecule has 4 nitrogen and oxygen atoms in total. The van der Waals surface area contributed by atoms with Gasteiger partial charge in [0.1, 0.15) is 11.3 Å². The van der Waals surface area contributed by atoms with Crippen LogP contribution >= 0.6 is 0 Å². The summed E-state index contributed by atoms with van der Waals surface area (Å²) >= 11 is 0. The lowest BCUT2D eigenvalue weighted by Crippen LogP contribution is -2.01. The minimum absolute atomic E-state index is 0.0212. The molecule has 0 atom stereocenters. The molecule has 2 rings (SSSR count). The van der Waals surface area contributed by atoms with Crippen molar-refractivity contribution in [3.8, 4) is 16.9 Å². The summed E-state index contributed by atoms with van der Waals surface area (Å²) in [6, 6.07) is 12.2. The second-order valence-corrected chi connectivity index (χ2v) is 4.05. The lowest BCUT2D eigenvalue weighted by Gasteiger charge is -2.11. The second-order valence-electron chi connectivity index (χ2n) is 4.05. The standard InChI is InChI=1S/C15H14O4/c1-19-14-12(3-2-4-13(14)15(17)18)11-7-5-10(9-16)6-8-11/h2-8,16H,9H2,1H3,(H,17,18). The molecule has 0 heterocycles. The van der Waals surface area contributed by atoms with Crippen molar-refractivity contribution >= 4 is 5.97 Å². The lowest BCUT2D eigenvalue weighted by atomic mass is 10.0. The maximum atomic E-state index is 11.2. The Morgan fingerprint density at radius 3 is 2.37 bits per heavy atom. The Kier molecular flexibility index (Phi) is 3.82. The summed E-state index contributed by atoms with van der Waals surface area (Å²) in [7, 11) is 1.45. The van der Waals surface area contributed by atoms with E-state index in [1.54, 1.807) is 24.3 Å². The highest BCUT2D eigenvalue weighted by atomic mass is 16.5. The number of aromatic carboxylic acids is 1. The molecule has 0 unspecified atom stereocenters. The van der Waals surface area contributed by atoms with Crippen molar-refractivity contribution < 1.29 is 19.7 Å². The summed E-state index contributed by atoms with van der Waals surface area (Å²) in [6.45, 7) is -0.0212. The van der Waals surface area contributed by atoms with Crippen molar-refractivity contribution in [2.24, 2.45) is 0 Å². The van der Waals surface area contributed by atoms with E-state index in [0.717, 1.165) is 11.1 Å². The van der Waals surface area contributed by atoms with Crippen LogP contribution in [0.2, 0.25) is 0 Å². The Morgan fingerprint density at radius 1 is 1.16 bits per heavy atom. The number of ether oxygens (including phenoxy) is 1. The number of hydrogen-bond acceptors (Lipinski definition) is 3. The van der Waals surface area contributed by atoms with Gasteiger partial charge in [0.15, 0.2) is 0 Å². The predicted molar refractivity (Wildman–Crippen MR) is 71.3 cm³/mol. The molecule has 0 aliphatic carbocycles. The summed E-state index contributed by atoms with van der Waals surface area (Å²) in [4.78, 5) is 11.2. The summed E-state index contributed by atoms with van der Waals surface area (Å²) in [5.74, 6) is -0.683. The van der Waals surface area contributed by atoms with Crippen molar-refractivity contribution in [2.45, 2.75) is 6.61 Å².